The molecule has 33 heavy (non-hydrogen) atoms. The minimum absolute atomic E-state index is 0.0578. The van der Waals surface area contributed by atoms with Gasteiger partial charge in [-0.2, -0.15) is 0 Å². The number of halogens is 3. The molecule has 1 aliphatic heterocycles. The highest BCUT2D eigenvalue weighted by molar-refractivity contribution is 7.90. The van der Waals surface area contributed by atoms with Gasteiger partial charge in [0.15, 0.2) is 11.6 Å². The van der Waals surface area contributed by atoms with Crippen LogP contribution in [0.4, 0.5) is 13.2 Å². The zero-order valence-corrected chi connectivity index (χ0v) is 18.9. The van der Waals surface area contributed by atoms with E-state index in [4.69, 9.17) is 5.73 Å². The summed E-state index contributed by atoms with van der Waals surface area (Å²) in [6.45, 7) is 0.249. The van der Waals surface area contributed by atoms with Crippen molar-refractivity contribution in [2.75, 3.05) is 6.54 Å². The van der Waals surface area contributed by atoms with Crippen molar-refractivity contribution in [3.63, 3.8) is 0 Å². The van der Waals surface area contributed by atoms with Gasteiger partial charge in [-0.1, -0.05) is 0 Å². The van der Waals surface area contributed by atoms with Crippen LogP contribution < -0.4 is 10.5 Å². The largest absolute Gasteiger partial charge is 0.337 e. The average Bonchev–Trinajstić information content (AvgIpc) is 3.55. The lowest BCUT2D eigenvalue weighted by atomic mass is 9.99. The van der Waals surface area contributed by atoms with E-state index in [0.29, 0.717) is 31.0 Å². The van der Waals surface area contributed by atoms with Gasteiger partial charge in [0.2, 0.25) is 15.9 Å². The molecule has 1 saturated carbocycles. The van der Waals surface area contributed by atoms with Gasteiger partial charge in [0, 0.05) is 44.2 Å². The fraction of sp³-hybridized carbons (Fsp3) is 0.524. The van der Waals surface area contributed by atoms with Crippen LogP contribution in [-0.4, -0.2) is 52.7 Å². The zero-order chi connectivity index (χ0) is 23.9. The van der Waals surface area contributed by atoms with Gasteiger partial charge in [0.05, 0.1) is 29.9 Å². The van der Waals surface area contributed by atoms with Gasteiger partial charge in [-0.3, -0.25) is 4.79 Å². The number of nitrogens with one attached hydrogen (secondary N) is 1. The maximum Gasteiger partial charge on any atom is 0.224 e. The summed E-state index contributed by atoms with van der Waals surface area (Å²) in [7, 11) is -1.59. The summed E-state index contributed by atoms with van der Waals surface area (Å²) in [6, 6.07) is -0.0908. The van der Waals surface area contributed by atoms with E-state index in [0.717, 1.165) is 11.8 Å². The minimum Gasteiger partial charge on any atom is -0.337 e. The topological polar surface area (TPSA) is 110 Å². The van der Waals surface area contributed by atoms with E-state index in [2.05, 4.69) is 9.71 Å². The standard InChI is InChI=1S/C21H26F3N5O3S/c1-28-11-26-19-10-29(14(7-20(19)28)9-27-33(31,32)15-2-3-15)21(30)6-13(25)4-12-5-17(23)18(24)8-16(12)22/h5,8,11,13-15,27H,2-4,6-7,9-10,25H2,1H3/t13-,14+/m1/s1. The molecule has 1 fully saturated rings. The monoisotopic (exact) mass is 485 g/mol. The summed E-state index contributed by atoms with van der Waals surface area (Å²) in [5.41, 5.74) is 7.56. The summed E-state index contributed by atoms with van der Waals surface area (Å²) >= 11 is 0. The van der Waals surface area contributed by atoms with E-state index in [1.807, 2.05) is 11.6 Å². The van der Waals surface area contributed by atoms with Crippen molar-refractivity contribution >= 4 is 15.9 Å². The second kappa shape index (κ2) is 9.07. The predicted molar refractivity (Wildman–Crippen MR) is 114 cm³/mol. The minimum atomic E-state index is -3.43. The summed E-state index contributed by atoms with van der Waals surface area (Å²) in [5, 5.41) is -0.378. The number of carbonyl (C=O) groups excluding carboxylic acids is 1. The second-order valence-electron chi connectivity index (χ2n) is 8.75. The van der Waals surface area contributed by atoms with Gasteiger partial charge in [-0.15, -0.1) is 0 Å². The third-order valence-corrected chi connectivity index (χ3v) is 8.07. The van der Waals surface area contributed by atoms with E-state index in [1.54, 1.807) is 6.33 Å². The molecule has 3 N–H and O–H groups in total. The lowest BCUT2D eigenvalue weighted by Gasteiger charge is -2.36. The number of aryl methyl sites for hydroxylation is 1. The smallest absolute Gasteiger partial charge is 0.224 e. The number of sulfonamides is 1. The molecule has 2 aliphatic rings. The number of carbonyl (C=O) groups is 1. The first kappa shape index (κ1) is 23.7. The summed E-state index contributed by atoms with van der Waals surface area (Å²) in [5.74, 6) is -3.76. The molecule has 0 bridgehead atoms. The van der Waals surface area contributed by atoms with E-state index in [9.17, 15) is 26.4 Å². The van der Waals surface area contributed by atoms with Crippen LogP contribution in [0.5, 0.6) is 0 Å². The molecular formula is C21H26F3N5O3S. The van der Waals surface area contributed by atoms with Crippen LogP contribution in [0.3, 0.4) is 0 Å². The SMILES string of the molecule is Cn1cnc2c1C[C@@H](CNS(=O)(=O)C1CC1)N(C(=O)C[C@H](N)Cc1cc(F)c(F)cc1F)C2. The van der Waals surface area contributed by atoms with Crippen LogP contribution in [0.25, 0.3) is 0 Å². The van der Waals surface area contributed by atoms with Crippen LogP contribution in [0, 0.1) is 17.5 Å². The Hall–Kier alpha value is -2.44. The van der Waals surface area contributed by atoms with Crippen molar-refractivity contribution in [1.82, 2.24) is 19.2 Å². The van der Waals surface area contributed by atoms with Crippen LogP contribution in [0.2, 0.25) is 0 Å². The number of imidazole rings is 1. The Labute approximate surface area is 190 Å². The number of benzene rings is 1. The van der Waals surface area contributed by atoms with Gasteiger partial charge in [-0.25, -0.2) is 31.3 Å². The Bertz CT molecular complexity index is 1170. The molecule has 2 aromatic rings. The number of fused-ring (bicyclic) bond motifs is 1. The maximum absolute atomic E-state index is 14.0. The number of amides is 1. The van der Waals surface area contributed by atoms with Crippen molar-refractivity contribution in [3.8, 4) is 0 Å². The lowest BCUT2D eigenvalue weighted by Crippen LogP contribution is -2.51. The van der Waals surface area contributed by atoms with E-state index >= 15 is 0 Å². The molecule has 1 aromatic heterocycles. The van der Waals surface area contributed by atoms with Crippen molar-refractivity contribution in [3.05, 3.63) is 52.9 Å². The van der Waals surface area contributed by atoms with Crippen molar-refractivity contribution in [2.45, 2.75) is 56.0 Å². The Morgan fingerprint density at radius 2 is 1.94 bits per heavy atom. The fourth-order valence-corrected chi connectivity index (χ4v) is 5.54. The molecular weight excluding hydrogens is 459 g/mol. The normalized spacial score (nSPS) is 19.4. The lowest BCUT2D eigenvalue weighted by molar-refractivity contribution is -0.135. The number of aromatic nitrogens is 2. The quantitative estimate of drug-likeness (QED) is 0.545. The first-order valence-electron chi connectivity index (χ1n) is 10.7. The third-order valence-electron chi connectivity index (χ3n) is 6.15. The molecule has 180 valence electrons. The summed E-state index contributed by atoms with van der Waals surface area (Å²) < 4.78 is 69.7. The molecule has 0 spiro atoms. The van der Waals surface area contributed by atoms with E-state index in [-0.39, 0.29) is 42.7 Å². The first-order valence-corrected chi connectivity index (χ1v) is 12.3. The molecule has 0 radical (unpaired) electrons. The first-order chi connectivity index (χ1) is 15.5. The van der Waals surface area contributed by atoms with Crippen molar-refractivity contribution < 1.29 is 26.4 Å². The predicted octanol–water partition coefficient (Wildman–Crippen LogP) is 1.13. The zero-order valence-electron chi connectivity index (χ0n) is 18.1. The van der Waals surface area contributed by atoms with Crippen LogP contribution in [0.15, 0.2) is 18.5 Å². The number of hydrogen-bond acceptors (Lipinski definition) is 5. The molecule has 12 heteroatoms. The Balaban J connectivity index is 1.46. The highest BCUT2D eigenvalue weighted by atomic mass is 32.2. The number of rotatable bonds is 8. The molecule has 0 saturated heterocycles. The second-order valence-corrected chi connectivity index (χ2v) is 10.8. The van der Waals surface area contributed by atoms with Crippen molar-refractivity contribution in [1.29, 1.82) is 0 Å². The molecule has 8 nitrogen and oxygen atoms in total. The maximum atomic E-state index is 14.0. The van der Waals surface area contributed by atoms with Gasteiger partial charge >= 0.3 is 0 Å². The summed E-state index contributed by atoms with van der Waals surface area (Å²) in [4.78, 5) is 19.0. The highest BCUT2D eigenvalue weighted by Gasteiger charge is 2.38. The van der Waals surface area contributed by atoms with Crippen LogP contribution in [0.1, 0.15) is 36.2 Å². The van der Waals surface area contributed by atoms with E-state index < -0.39 is 39.6 Å². The van der Waals surface area contributed by atoms with Gasteiger partial charge in [0.25, 0.3) is 0 Å². The van der Waals surface area contributed by atoms with Gasteiger partial charge in [0.1, 0.15) is 5.82 Å². The summed E-state index contributed by atoms with van der Waals surface area (Å²) in [6.07, 6.45) is 2.98. The molecule has 4 rings (SSSR count). The van der Waals surface area contributed by atoms with E-state index in [1.165, 1.54) is 4.90 Å². The average molecular weight is 486 g/mol. The fourth-order valence-electron chi connectivity index (χ4n) is 4.12. The van der Waals surface area contributed by atoms with Crippen LogP contribution in [-0.2, 0) is 41.3 Å². The molecule has 0 unspecified atom stereocenters. The Morgan fingerprint density at radius 1 is 1.24 bits per heavy atom. The Kier molecular flexibility index (Phi) is 6.52. The van der Waals surface area contributed by atoms with Gasteiger partial charge in [-0.05, 0) is 30.9 Å². The number of hydrogen-bond donors (Lipinski definition) is 2. The Morgan fingerprint density at radius 3 is 2.64 bits per heavy atom. The molecule has 1 aromatic carbocycles. The molecule has 2 atom stereocenters. The van der Waals surface area contributed by atoms with Gasteiger partial charge < -0.3 is 15.2 Å². The third kappa shape index (κ3) is 5.22. The number of nitrogens with zero attached hydrogens (tertiary/aromatic N) is 3. The highest BCUT2D eigenvalue weighted by Crippen LogP contribution is 2.28. The molecule has 2 heterocycles. The number of nitrogens with two attached hydrogens (primary N) is 1. The van der Waals surface area contributed by atoms with Crippen molar-refractivity contribution in [2.24, 2.45) is 12.8 Å². The molecule has 1 aliphatic carbocycles. The molecule has 1 amide bonds. The van der Waals surface area contributed by atoms with Crippen LogP contribution >= 0.6 is 0 Å².